The Morgan fingerprint density at radius 1 is 1.44 bits per heavy atom. The highest BCUT2D eigenvalue weighted by atomic mass is 32.1. The first kappa shape index (κ1) is 13.8. The van der Waals surface area contributed by atoms with Crippen LogP contribution in [-0.2, 0) is 6.54 Å². The molecule has 1 aromatic heterocycles. The molecule has 18 heavy (non-hydrogen) atoms. The van der Waals surface area contributed by atoms with Crippen molar-refractivity contribution in [1.82, 2.24) is 4.98 Å². The Kier molecular flexibility index (Phi) is 5.01. The van der Waals surface area contributed by atoms with Crippen LogP contribution >= 0.6 is 11.3 Å². The van der Waals surface area contributed by atoms with E-state index in [9.17, 15) is 0 Å². The van der Waals surface area contributed by atoms with E-state index in [1.807, 2.05) is 6.20 Å². The molecule has 0 saturated heterocycles. The Morgan fingerprint density at radius 3 is 2.72 bits per heavy atom. The Balaban J connectivity index is 2.07. The minimum absolute atomic E-state index is 0.611. The second kappa shape index (κ2) is 6.53. The van der Waals surface area contributed by atoms with E-state index in [4.69, 9.17) is 5.73 Å². The van der Waals surface area contributed by atoms with Crippen LogP contribution in [0.3, 0.4) is 0 Å². The molecule has 2 N–H and O–H groups in total. The second-order valence-electron chi connectivity index (χ2n) is 5.63. The molecule has 0 spiro atoms. The van der Waals surface area contributed by atoms with Crippen molar-refractivity contribution in [2.75, 3.05) is 11.4 Å². The van der Waals surface area contributed by atoms with Gasteiger partial charge in [-0.05, 0) is 25.2 Å². The summed E-state index contributed by atoms with van der Waals surface area (Å²) in [4.78, 5) is 8.31. The number of thiazole rings is 1. The molecular formula is C14H25N3S. The summed E-state index contributed by atoms with van der Waals surface area (Å²) in [5.41, 5.74) is 5.69. The monoisotopic (exact) mass is 267 g/mol. The van der Waals surface area contributed by atoms with Crippen LogP contribution in [0.15, 0.2) is 6.20 Å². The van der Waals surface area contributed by atoms with Crippen molar-refractivity contribution < 1.29 is 0 Å². The first-order chi connectivity index (χ1) is 8.70. The molecule has 4 heteroatoms. The lowest BCUT2D eigenvalue weighted by Gasteiger charge is -2.29. The Hall–Kier alpha value is -0.610. The first-order valence-electron chi connectivity index (χ1n) is 7.12. The molecule has 0 amide bonds. The van der Waals surface area contributed by atoms with Crippen molar-refractivity contribution in [2.45, 2.75) is 58.5 Å². The van der Waals surface area contributed by atoms with Crippen molar-refractivity contribution in [3.8, 4) is 0 Å². The zero-order valence-corrected chi connectivity index (χ0v) is 12.4. The number of hydrogen-bond donors (Lipinski definition) is 1. The Bertz CT molecular complexity index is 356. The molecule has 1 fully saturated rings. The fourth-order valence-electron chi connectivity index (χ4n) is 2.57. The van der Waals surface area contributed by atoms with Gasteiger partial charge in [-0.15, -0.1) is 11.3 Å². The smallest absolute Gasteiger partial charge is 0.185 e. The molecule has 0 unspecified atom stereocenters. The summed E-state index contributed by atoms with van der Waals surface area (Å²) in [7, 11) is 0. The van der Waals surface area contributed by atoms with Crippen molar-refractivity contribution in [2.24, 2.45) is 11.7 Å². The van der Waals surface area contributed by atoms with E-state index in [1.54, 1.807) is 11.3 Å². The van der Waals surface area contributed by atoms with Gasteiger partial charge in [0.05, 0.1) is 0 Å². The molecule has 0 bridgehead atoms. The number of rotatable bonds is 6. The highest BCUT2D eigenvalue weighted by molar-refractivity contribution is 7.15. The van der Waals surface area contributed by atoms with E-state index >= 15 is 0 Å². The number of nitrogens with two attached hydrogens (primary N) is 1. The molecule has 1 heterocycles. The molecule has 1 aromatic rings. The van der Waals surface area contributed by atoms with Gasteiger partial charge in [0.1, 0.15) is 0 Å². The van der Waals surface area contributed by atoms with Gasteiger partial charge in [0.15, 0.2) is 5.13 Å². The molecule has 1 saturated carbocycles. The van der Waals surface area contributed by atoms with Gasteiger partial charge in [0.25, 0.3) is 0 Å². The maximum absolute atomic E-state index is 5.69. The van der Waals surface area contributed by atoms with Crippen LogP contribution in [0.1, 0.15) is 50.8 Å². The van der Waals surface area contributed by atoms with Crippen molar-refractivity contribution in [3.05, 3.63) is 11.1 Å². The van der Waals surface area contributed by atoms with Crippen LogP contribution in [0.4, 0.5) is 5.13 Å². The van der Waals surface area contributed by atoms with Gasteiger partial charge in [-0.2, -0.15) is 0 Å². The van der Waals surface area contributed by atoms with Crippen LogP contribution in [-0.4, -0.2) is 17.6 Å². The average Bonchev–Trinajstić information content (AvgIpc) is 2.99. The lowest BCUT2D eigenvalue weighted by molar-refractivity contribution is 0.528. The normalized spacial score (nSPS) is 16.7. The molecule has 2 rings (SSSR count). The molecule has 0 atom stereocenters. The molecule has 1 aliphatic rings. The zero-order valence-electron chi connectivity index (χ0n) is 11.6. The van der Waals surface area contributed by atoms with Crippen LogP contribution in [0.5, 0.6) is 0 Å². The third-order valence-electron chi connectivity index (χ3n) is 3.70. The number of aromatic nitrogens is 1. The van der Waals surface area contributed by atoms with Gasteiger partial charge in [-0.1, -0.05) is 26.7 Å². The summed E-state index contributed by atoms with van der Waals surface area (Å²) in [5, 5.41) is 1.18. The van der Waals surface area contributed by atoms with Gasteiger partial charge in [0.2, 0.25) is 0 Å². The fraction of sp³-hybridized carbons (Fsp3) is 0.786. The molecule has 0 aliphatic heterocycles. The topological polar surface area (TPSA) is 42.2 Å². The predicted molar refractivity (Wildman–Crippen MR) is 79.1 cm³/mol. The summed E-state index contributed by atoms with van der Waals surface area (Å²) in [6, 6.07) is 0.709. The summed E-state index contributed by atoms with van der Waals surface area (Å²) in [6.07, 6.45) is 8.59. The highest BCUT2D eigenvalue weighted by Crippen LogP contribution is 2.31. The lowest BCUT2D eigenvalue weighted by atomic mass is 10.1. The standard InChI is InChI=1S/C14H25N3S/c1-11(2)7-8-17(12-5-3-4-6-12)14-16-10-13(9-15)18-14/h10-12H,3-9,15H2,1-2H3. The first-order valence-corrected chi connectivity index (χ1v) is 7.93. The van der Waals surface area contributed by atoms with Gasteiger partial charge in [-0.3, -0.25) is 0 Å². The van der Waals surface area contributed by atoms with E-state index in [1.165, 1.54) is 42.1 Å². The van der Waals surface area contributed by atoms with Crippen molar-refractivity contribution in [3.63, 3.8) is 0 Å². The van der Waals surface area contributed by atoms with Gasteiger partial charge in [0, 0.05) is 30.2 Å². The van der Waals surface area contributed by atoms with E-state index in [2.05, 4.69) is 23.7 Å². The maximum atomic E-state index is 5.69. The molecule has 1 aliphatic carbocycles. The third kappa shape index (κ3) is 3.45. The summed E-state index contributed by atoms with van der Waals surface area (Å²) < 4.78 is 0. The Morgan fingerprint density at radius 2 is 2.17 bits per heavy atom. The molecule has 0 aromatic carbocycles. The van der Waals surface area contributed by atoms with Crippen molar-refractivity contribution in [1.29, 1.82) is 0 Å². The molecule has 0 radical (unpaired) electrons. The van der Waals surface area contributed by atoms with Gasteiger partial charge in [-0.25, -0.2) is 4.98 Å². The number of nitrogens with zero attached hydrogens (tertiary/aromatic N) is 2. The SMILES string of the molecule is CC(C)CCN(c1ncc(CN)s1)C1CCCC1. The lowest BCUT2D eigenvalue weighted by Crippen LogP contribution is -2.34. The summed E-state index contributed by atoms with van der Waals surface area (Å²) >= 11 is 1.77. The van der Waals surface area contributed by atoms with Crippen molar-refractivity contribution >= 4 is 16.5 Å². The average molecular weight is 267 g/mol. The fourth-order valence-corrected chi connectivity index (χ4v) is 3.46. The number of anilines is 1. The van der Waals surface area contributed by atoms with Gasteiger partial charge < -0.3 is 10.6 Å². The second-order valence-corrected chi connectivity index (χ2v) is 6.72. The van der Waals surface area contributed by atoms with Crippen LogP contribution in [0.2, 0.25) is 0 Å². The van der Waals surface area contributed by atoms with Crippen LogP contribution < -0.4 is 10.6 Å². The predicted octanol–water partition coefficient (Wildman–Crippen LogP) is 3.40. The van der Waals surface area contributed by atoms with Gasteiger partial charge >= 0.3 is 0 Å². The van der Waals surface area contributed by atoms with E-state index in [0.717, 1.165) is 12.5 Å². The van der Waals surface area contributed by atoms with E-state index in [-0.39, 0.29) is 0 Å². The van der Waals surface area contributed by atoms with E-state index < -0.39 is 0 Å². The van der Waals surface area contributed by atoms with E-state index in [0.29, 0.717) is 12.6 Å². The number of hydrogen-bond acceptors (Lipinski definition) is 4. The van der Waals surface area contributed by atoms with Crippen LogP contribution in [0, 0.1) is 5.92 Å². The largest absolute Gasteiger partial charge is 0.345 e. The quantitative estimate of drug-likeness (QED) is 0.859. The Labute approximate surface area is 114 Å². The van der Waals surface area contributed by atoms with Crippen LogP contribution in [0.25, 0.3) is 0 Å². The molecule has 3 nitrogen and oxygen atoms in total. The highest BCUT2D eigenvalue weighted by Gasteiger charge is 2.24. The maximum Gasteiger partial charge on any atom is 0.185 e. The molecule has 102 valence electrons. The summed E-state index contributed by atoms with van der Waals surface area (Å²) in [5.74, 6) is 0.753. The third-order valence-corrected chi connectivity index (χ3v) is 4.76. The zero-order chi connectivity index (χ0) is 13.0. The summed E-state index contributed by atoms with van der Waals surface area (Å²) in [6.45, 7) is 6.33. The molecular weight excluding hydrogens is 242 g/mol. The minimum atomic E-state index is 0.611. The minimum Gasteiger partial charge on any atom is -0.345 e.